The normalized spacial score (nSPS) is 10.5. The van der Waals surface area contributed by atoms with Gasteiger partial charge in [0.2, 0.25) is 11.8 Å². The maximum absolute atomic E-state index is 12.3. The smallest absolute Gasteiger partial charge is 0.339 e. The lowest BCUT2D eigenvalue weighted by molar-refractivity contribution is -0.135. The van der Waals surface area contributed by atoms with E-state index in [-0.39, 0.29) is 47.3 Å². The summed E-state index contributed by atoms with van der Waals surface area (Å²) < 4.78 is 10.5. The summed E-state index contributed by atoms with van der Waals surface area (Å²) >= 11 is 0. The minimum absolute atomic E-state index is 0.0898. The molecule has 0 saturated carbocycles. The number of aromatic carboxylic acids is 2. The van der Waals surface area contributed by atoms with Crippen LogP contribution in [-0.2, 0) is 19.2 Å². The fraction of sp³-hybridized carbons (Fsp3) is 0.438. The Balaban J connectivity index is 1.69. The first kappa shape index (κ1) is 35.5. The first-order chi connectivity index (χ1) is 21.0. The summed E-state index contributed by atoms with van der Waals surface area (Å²) in [5.41, 5.74) is 0.167. The molecule has 0 spiro atoms. The highest BCUT2D eigenvalue weighted by molar-refractivity contribution is 5.97. The number of ether oxygens (including phenoxy) is 2. The SMILES string of the molecule is CCCC(=O)Nc1ccc(OC(=O)CCCCCCCCC(=O)Oc2ccc(NC(=O)CCC)cc2C(=O)O)c(C(=O)O)c1. The molecule has 4 N–H and O–H groups in total. The van der Waals surface area contributed by atoms with Crippen molar-refractivity contribution >= 4 is 47.1 Å². The van der Waals surface area contributed by atoms with Gasteiger partial charge in [-0.3, -0.25) is 19.2 Å². The molecule has 2 amide bonds. The predicted octanol–water partition coefficient (Wildman–Crippen LogP) is 6.19. The number of anilines is 2. The highest BCUT2D eigenvalue weighted by atomic mass is 16.5. The Morgan fingerprint density at radius 3 is 1.27 bits per heavy atom. The molecule has 0 saturated heterocycles. The number of amides is 2. The third kappa shape index (κ3) is 12.6. The van der Waals surface area contributed by atoms with Crippen LogP contribution < -0.4 is 20.1 Å². The second kappa shape index (κ2) is 18.7. The summed E-state index contributed by atoms with van der Waals surface area (Å²) in [4.78, 5) is 71.3. The number of carboxylic acid groups (broad SMARTS) is 2. The van der Waals surface area contributed by atoms with Crippen LogP contribution in [0.15, 0.2) is 36.4 Å². The van der Waals surface area contributed by atoms with Crippen LogP contribution >= 0.6 is 0 Å². The van der Waals surface area contributed by atoms with Crippen LogP contribution in [0.25, 0.3) is 0 Å². The first-order valence-electron chi connectivity index (χ1n) is 14.8. The van der Waals surface area contributed by atoms with Gasteiger partial charge in [-0.2, -0.15) is 0 Å². The average molecular weight is 613 g/mol. The summed E-state index contributed by atoms with van der Waals surface area (Å²) in [6, 6.07) is 8.17. The van der Waals surface area contributed by atoms with Gasteiger partial charge < -0.3 is 30.3 Å². The molecule has 0 atom stereocenters. The number of carbonyl (C=O) groups is 6. The number of unbranched alkanes of at least 4 members (excludes halogenated alkanes) is 5. The maximum Gasteiger partial charge on any atom is 0.339 e. The quantitative estimate of drug-likeness (QED) is 0.0809. The highest BCUT2D eigenvalue weighted by Gasteiger charge is 2.18. The number of benzene rings is 2. The van der Waals surface area contributed by atoms with Crippen molar-refractivity contribution in [3.63, 3.8) is 0 Å². The molecule has 0 aliphatic rings. The Labute approximate surface area is 256 Å². The van der Waals surface area contributed by atoms with E-state index in [0.717, 1.165) is 25.7 Å². The highest BCUT2D eigenvalue weighted by Crippen LogP contribution is 2.25. The molecule has 0 heterocycles. The third-order valence-corrected chi connectivity index (χ3v) is 6.40. The van der Waals surface area contributed by atoms with E-state index in [1.165, 1.54) is 36.4 Å². The molecule has 0 aliphatic heterocycles. The van der Waals surface area contributed by atoms with Crippen molar-refractivity contribution in [1.29, 1.82) is 0 Å². The van der Waals surface area contributed by atoms with Crippen molar-refractivity contribution in [3.8, 4) is 11.5 Å². The molecular formula is C32H40N2O10. The van der Waals surface area contributed by atoms with Gasteiger partial charge in [0.1, 0.15) is 22.6 Å². The van der Waals surface area contributed by atoms with E-state index in [2.05, 4.69) is 10.6 Å². The summed E-state index contributed by atoms with van der Waals surface area (Å²) in [6.45, 7) is 3.71. The van der Waals surface area contributed by atoms with Gasteiger partial charge in [0.25, 0.3) is 0 Å². The Morgan fingerprint density at radius 1 is 0.568 bits per heavy atom. The summed E-state index contributed by atoms with van der Waals surface area (Å²) in [5, 5.41) is 24.2. The molecule has 12 heteroatoms. The predicted molar refractivity (Wildman–Crippen MR) is 162 cm³/mol. The van der Waals surface area contributed by atoms with E-state index >= 15 is 0 Å². The Hall–Kier alpha value is -4.74. The van der Waals surface area contributed by atoms with Crippen molar-refractivity contribution in [2.45, 2.75) is 90.9 Å². The van der Waals surface area contributed by atoms with Crippen molar-refractivity contribution in [2.24, 2.45) is 0 Å². The molecule has 0 aromatic heterocycles. The first-order valence-corrected chi connectivity index (χ1v) is 14.8. The van der Waals surface area contributed by atoms with Crippen molar-refractivity contribution in [3.05, 3.63) is 47.5 Å². The molecule has 0 aliphatic carbocycles. The van der Waals surface area contributed by atoms with Crippen LogP contribution in [0.1, 0.15) is 112 Å². The van der Waals surface area contributed by atoms with E-state index in [1.54, 1.807) is 0 Å². The fourth-order valence-corrected chi connectivity index (χ4v) is 4.22. The van der Waals surface area contributed by atoms with Crippen molar-refractivity contribution in [1.82, 2.24) is 0 Å². The van der Waals surface area contributed by atoms with Gasteiger partial charge in [0, 0.05) is 37.1 Å². The Morgan fingerprint density at radius 2 is 0.932 bits per heavy atom. The number of nitrogens with one attached hydrogen (secondary N) is 2. The molecule has 44 heavy (non-hydrogen) atoms. The van der Waals surface area contributed by atoms with Crippen LogP contribution in [0.5, 0.6) is 11.5 Å². The van der Waals surface area contributed by atoms with Gasteiger partial charge in [-0.25, -0.2) is 9.59 Å². The molecule has 2 aromatic carbocycles. The largest absolute Gasteiger partial charge is 0.478 e. The third-order valence-electron chi connectivity index (χ3n) is 6.40. The summed E-state index contributed by atoms with van der Waals surface area (Å²) in [6.07, 6.45) is 6.29. The molecular weight excluding hydrogens is 572 g/mol. The van der Waals surface area contributed by atoms with Crippen LogP contribution in [0.4, 0.5) is 11.4 Å². The van der Waals surface area contributed by atoms with E-state index in [4.69, 9.17) is 9.47 Å². The number of rotatable bonds is 19. The van der Waals surface area contributed by atoms with Gasteiger partial charge in [-0.1, -0.05) is 39.5 Å². The molecule has 0 radical (unpaired) electrons. The zero-order chi connectivity index (χ0) is 32.5. The maximum atomic E-state index is 12.3. The number of esters is 2. The lowest BCUT2D eigenvalue weighted by Crippen LogP contribution is -2.13. The topological polar surface area (TPSA) is 185 Å². The molecule has 0 unspecified atom stereocenters. The lowest BCUT2D eigenvalue weighted by atomic mass is 10.1. The molecule has 2 rings (SSSR count). The standard InChI is InChI=1S/C32H40N2O10/c1-3-11-27(35)33-21-15-17-25(23(19-21)31(39)40)43-29(37)13-9-7-5-6-8-10-14-30(38)44-26-18-16-22(20-24(26)32(41)42)34-28(36)12-4-2/h15-20H,3-14H2,1-2H3,(H,33,35)(H,34,36)(H,39,40)(H,41,42). The number of hydrogen-bond acceptors (Lipinski definition) is 8. The summed E-state index contributed by atoms with van der Waals surface area (Å²) in [7, 11) is 0. The number of hydrogen-bond donors (Lipinski definition) is 4. The number of carbonyl (C=O) groups excluding carboxylic acids is 4. The number of carboxylic acids is 2. The summed E-state index contributed by atoms with van der Waals surface area (Å²) in [5.74, 6) is -4.33. The lowest BCUT2D eigenvalue weighted by Gasteiger charge is -2.11. The van der Waals surface area contributed by atoms with Crippen LogP contribution in [0.2, 0.25) is 0 Å². The van der Waals surface area contributed by atoms with Crippen LogP contribution in [0.3, 0.4) is 0 Å². The van der Waals surface area contributed by atoms with E-state index < -0.39 is 23.9 Å². The van der Waals surface area contributed by atoms with E-state index in [1.807, 2.05) is 13.8 Å². The average Bonchev–Trinajstić information content (AvgIpc) is 2.96. The van der Waals surface area contributed by atoms with Gasteiger partial charge in [-0.05, 0) is 62.1 Å². The van der Waals surface area contributed by atoms with Gasteiger partial charge in [-0.15, -0.1) is 0 Å². The molecule has 0 bridgehead atoms. The molecule has 2 aromatic rings. The molecule has 0 fully saturated rings. The zero-order valence-corrected chi connectivity index (χ0v) is 25.1. The minimum atomic E-state index is -1.28. The molecule has 12 nitrogen and oxygen atoms in total. The zero-order valence-electron chi connectivity index (χ0n) is 25.1. The Bertz CT molecular complexity index is 1240. The fourth-order valence-electron chi connectivity index (χ4n) is 4.22. The second-order valence-electron chi connectivity index (χ2n) is 10.2. The monoisotopic (exact) mass is 612 g/mol. The molecule has 238 valence electrons. The van der Waals surface area contributed by atoms with Crippen molar-refractivity contribution < 1.29 is 48.5 Å². The van der Waals surface area contributed by atoms with E-state index in [9.17, 15) is 39.0 Å². The van der Waals surface area contributed by atoms with Gasteiger partial charge in [0.15, 0.2) is 0 Å². The van der Waals surface area contributed by atoms with Crippen LogP contribution in [-0.4, -0.2) is 45.9 Å². The minimum Gasteiger partial charge on any atom is -0.478 e. The van der Waals surface area contributed by atoms with Crippen molar-refractivity contribution in [2.75, 3.05) is 10.6 Å². The van der Waals surface area contributed by atoms with Crippen LogP contribution in [0, 0.1) is 0 Å². The second-order valence-corrected chi connectivity index (χ2v) is 10.2. The van der Waals surface area contributed by atoms with Gasteiger partial charge >= 0.3 is 23.9 Å². The van der Waals surface area contributed by atoms with Gasteiger partial charge in [0.05, 0.1) is 0 Å². The Kier molecular flexibility index (Phi) is 15.1. The van der Waals surface area contributed by atoms with E-state index in [0.29, 0.717) is 49.9 Å².